The molecule has 0 aliphatic carbocycles. The number of benzene rings is 1. The molecule has 0 saturated carbocycles. The van der Waals surface area contributed by atoms with Crippen LogP contribution in [-0.2, 0) is 4.79 Å². The summed E-state index contributed by atoms with van der Waals surface area (Å²) in [5, 5.41) is 0. The van der Waals surface area contributed by atoms with Crippen LogP contribution in [0.5, 0.6) is 5.75 Å². The average Bonchev–Trinajstić information content (AvgIpc) is 2.51. The summed E-state index contributed by atoms with van der Waals surface area (Å²) >= 11 is 0. The highest BCUT2D eigenvalue weighted by atomic mass is 16.5. The maximum atomic E-state index is 12.3. The Balaban J connectivity index is 1.78. The number of carbonyl (C=O) groups is 1. The molecule has 22 heavy (non-hydrogen) atoms. The van der Waals surface area contributed by atoms with Crippen LogP contribution in [0.25, 0.3) is 0 Å². The fourth-order valence-electron chi connectivity index (χ4n) is 2.88. The van der Waals surface area contributed by atoms with Gasteiger partial charge in [-0.3, -0.25) is 4.79 Å². The molecule has 4 heteroatoms. The predicted octanol–water partition coefficient (Wildman–Crippen LogP) is 2.66. The number of rotatable bonds is 5. The van der Waals surface area contributed by atoms with Crippen LogP contribution in [0.4, 0.5) is 0 Å². The Morgan fingerprint density at radius 2 is 2.18 bits per heavy atom. The molecule has 1 amide bonds. The minimum absolute atomic E-state index is 0.155. The molecule has 1 aliphatic heterocycles. The van der Waals surface area contributed by atoms with Gasteiger partial charge in [0.1, 0.15) is 5.75 Å². The molecule has 2 rings (SSSR count). The Morgan fingerprint density at radius 3 is 2.86 bits per heavy atom. The van der Waals surface area contributed by atoms with E-state index in [0.29, 0.717) is 18.9 Å². The molecule has 2 N–H and O–H groups in total. The van der Waals surface area contributed by atoms with Crippen molar-refractivity contribution in [3.63, 3.8) is 0 Å². The first-order valence-corrected chi connectivity index (χ1v) is 8.21. The van der Waals surface area contributed by atoms with Gasteiger partial charge in [0.25, 0.3) is 0 Å². The highest BCUT2D eigenvalue weighted by molar-refractivity contribution is 5.76. The van der Waals surface area contributed by atoms with E-state index < -0.39 is 0 Å². The normalized spacial score (nSPS) is 19.8. The van der Waals surface area contributed by atoms with Crippen LogP contribution in [0, 0.1) is 19.8 Å². The minimum atomic E-state index is 0.155. The standard InChI is InChI=1S/C18H28N2O2/c1-13-6-7-17(11-14(13)2)22-10-8-18(21)20-9-4-5-16(12-20)15(3)19/h6-7,11,15-16H,4-5,8-10,12,19H2,1-3H3/t15-,16-/m0/s1. The topological polar surface area (TPSA) is 55.6 Å². The summed E-state index contributed by atoms with van der Waals surface area (Å²) in [4.78, 5) is 14.2. The third-order valence-electron chi connectivity index (χ3n) is 4.62. The molecule has 1 aliphatic rings. The first-order chi connectivity index (χ1) is 10.5. The second kappa shape index (κ2) is 7.63. The van der Waals surface area contributed by atoms with E-state index in [0.717, 1.165) is 31.7 Å². The van der Waals surface area contributed by atoms with E-state index in [9.17, 15) is 4.79 Å². The summed E-state index contributed by atoms with van der Waals surface area (Å²) in [7, 11) is 0. The molecule has 0 bridgehead atoms. The van der Waals surface area contributed by atoms with Crippen molar-refractivity contribution in [2.24, 2.45) is 11.7 Å². The molecule has 0 radical (unpaired) electrons. The lowest BCUT2D eigenvalue weighted by Crippen LogP contribution is -2.45. The van der Waals surface area contributed by atoms with Crippen LogP contribution in [-0.4, -0.2) is 36.5 Å². The number of carbonyl (C=O) groups excluding carboxylic acids is 1. The van der Waals surface area contributed by atoms with Gasteiger partial charge in [0.05, 0.1) is 13.0 Å². The molecule has 122 valence electrons. The molecule has 1 heterocycles. The number of nitrogens with zero attached hydrogens (tertiary/aromatic N) is 1. The molecular formula is C18H28N2O2. The van der Waals surface area contributed by atoms with E-state index in [1.165, 1.54) is 11.1 Å². The van der Waals surface area contributed by atoms with Gasteiger partial charge < -0.3 is 15.4 Å². The summed E-state index contributed by atoms with van der Waals surface area (Å²) in [5.74, 6) is 1.44. The molecule has 0 unspecified atom stereocenters. The second-order valence-corrected chi connectivity index (χ2v) is 6.45. The second-order valence-electron chi connectivity index (χ2n) is 6.45. The van der Waals surface area contributed by atoms with E-state index in [-0.39, 0.29) is 11.9 Å². The van der Waals surface area contributed by atoms with Crippen LogP contribution in [0.2, 0.25) is 0 Å². The van der Waals surface area contributed by atoms with Crippen LogP contribution in [0.1, 0.15) is 37.3 Å². The van der Waals surface area contributed by atoms with Crippen molar-refractivity contribution < 1.29 is 9.53 Å². The number of likely N-dealkylation sites (tertiary alicyclic amines) is 1. The maximum Gasteiger partial charge on any atom is 0.226 e. The van der Waals surface area contributed by atoms with E-state index >= 15 is 0 Å². The Bertz CT molecular complexity index is 514. The van der Waals surface area contributed by atoms with Gasteiger partial charge in [0.15, 0.2) is 0 Å². The van der Waals surface area contributed by atoms with Crippen molar-refractivity contribution in [2.45, 2.75) is 46.1 Å². The summed E-state index contributed by atoms with van der Waals surface area (Å²) in [6.07, 6.45) is 2.61. The fourth-order valence-corrected chi connectivity index (χ4v) is 2.88. The SMILES string of the molecule is Cc1ccc(OCCC(=O)N2CCC[C@H]([C@H](C)N)C2)cc1C. The number of ether oxygens (including phenoxy) is 1. The maximum absolute atomic E-state index is 12.3. The number of nitrogens with two attached hydrogens (primary N) is 1. The van der Waals surface area contributed by atoms with Crippen molar-refractivity contribution in [2.75, 3.05) is 19.7 Å². The molecule has 0 aromatic heterocycles. The van der Waals surface area contributed by atoms with Gasteiger partial charge in [-0.15, -0.1) is 0 Å². The van der Waals surface area contributed by atoms with Crippen molar-refractivity contribution in [3.8, 4) is 5.75 Å². The minimum Gasteiger partial charge on any atom is -0.493 e. The van der Waals surface area contributed by atoms with Crippen LogP contribution in [0.3, 0.4) is 0 Å². The number of hydrogen-bond donors (Lipinski definition) is 1. The Hall–Kier alpha value is -1.55. The predicted molar refractivity (Wildman–Crippen MR) is 89.0 cm³/mol. The zero-order valence-electron chi connectivity index (χ0n) is 14.0. The largest absolute Gasteiger partial charge is 0.493 e. The van der Waals surface area contributed by atoms with Gasteiger partial charge in [0.2, 0.25) is 5.91 Å². The van der Waals surface area contributed by atoms with Crippen LogP contribution in [0.15, 0.2) is 18.2 Å². The lowest BCUT2D eigenvalue weighted by molar-refractivity contribution is -0.133. The lowest BCUT2D eigenvalue weighted by atomic mass is 9.92. The molecular weight excluding hydrogens is 276 g/mol. The molecule has 4 nitrogen and oxygen atoms in total. The molecule has 1 aromatic carbocycles. The third kappa shape index (κ3) is 4.47. The lowest BCUT2D eigenvalue weighted by Gasteiger charge is -2.34. The van der Waals surface area contributed by atoms with Crippen LogP contribution >= 0.6 is 0 Å². The smallest absolute Gasteiger partial charge is 0.226 e. The Labute approximate surface area is 133 Å². The van der Waals surface area contributed by atoms with Gasteiger partial charge in [-0.05, 0) is 62.8 Å². The van der Waals surface area contributed by atoms with E-state index in [1.54, 1.807) is 0 Å². The van der Waals surface area contributed by atoms with Crippen molar-refractivity contribution >= 4 is 5.91 Å². The number of hydrogen-bond acceptors (Lipinski definition) is 3. The zero-order valence-corrected chi connectivity index (χ0v) is 14.0. The van der Waals surface area contributed by atoms with Gasteiger partial charge in [-0.25, -0.2) is 0 Å². The summed E-state index contributed by atoms with van der Waals surface area (Å²) in [6.45, 7) is 8.25. The summed E-state index contributed by atoms with van der Waals surface area (Å²) in [5.41, 5.74) is 8.43. The van der Waals surface area contributed by atoms with Crippen molar-refractivity contribution in [1.82, 2.24) is 4.90 Å². The molecule has 2 atom stereocenters. The molecule has 1 fully saturated rings. The summed E-state index contributed by atoms with van der Waals surface area (Å²) < 4.78 is 5.71. The summed E-state index contributed by atoms with van der Waals surface area (Å²) in [6, 6.07) is 6.18. The van der Waals surface area contributed by atoms with Crippen LogP contribution < -0.4 is 10.5 Å². The van der Waals surface area contributed by atoms with Gasteiger partial charge in [-0.1, -0.05) is 6.07 Å². The van der Waals surface area contributed by atoms with E-state index in [2.05, 4.69) is 13.8 Å². The quantitative estimate of drug-likeness (QED) is 0.910. The van der Waals surface area contributed by atoms with Crippen molar-refractivity contribution in [3.05, 3.63) is 29.3 Å². The third-order valence-corrected chi connectivity index (χ3v) is 4.62. The number of aryl methyl sites for hydroxylation is 2. The highest BCUT2D eigenvalue weighted by Crippen LogP contribution is 2.20. The Kier molecular flexibility index (Phi) is 5.83. The first-order valence-electron chi connectivity index (χ1n) is 8.21. The molecule has 0 spiro atoms. The number of amides is 1. The Morgan fingerprint density at radius 1 is 1.41 bits per heavy atom. The van der Waals surface area contributed by atoms with Gasteiger partial charge in [0, 0.05) is 19.1 Å². The fraction of sp³-hybridized carbons (Fsp3) is 0.611. The molecule has 1 aromatic rings. The zero-order chi connectivity index (χ0) is 16.1. The highest BCUT2D eigenvalue weighted by Gasteiger charge is 2.25. The number of piperidine rings is 1. The first kappa shape index (κ1) is 16.8. The van der Waals surface area contributed by atoms with E-state index in [1.807, 2.05) is 30.0 Å². The molecule has 1 saturated heterocycles. The average molecular weight is 304 g/mol. The van der Waals surface area contributed by atoms with Gasteiger partial charge in [-0.2, -0.15) is 0 Å². The van der Waals surface area contributed by atoms with Crippen molar-refractivity contribution in [1.29, 1.82) is 0 Å². The monoisotopic (exact) mass is 304 g/mol. The van der Waals surface area contributed by atoms with E-state index in [4.69, 9.17) is 10.5 Å². The van der Waals surface area contributed by atoms with Gasteiger partial charge >= 0.3 is 0 Å².